The molecule has 2 aromatic rings. The average molecular weight is 288 g/mol. The lowest BCUT2D eigenvalue weighted by molar-refractivity contribution is -0.384. The topological polar surface area (TPSA) is 87.6 Å². The van der Waals surface area contributed by atoms with Crippen molar-refractivity contribution >= 4 is 11.4 Å². The molecule has 6 nitrogen and oxygen atoms in total. The molecule has 0 aromatic heterocycles. The van der Waals surface area contributed by atoms with Crippen LogP contribution in [-0.4, -0.2) is 11.5 Å². The van der Waals surface area contributed by atoms with E-state index in [1.807, 2.05) is 6.92 Å². The smallest absolute Gasteiger partial charge is 0.334 e. The van der Waals surface area contributed by atoms with Crippen molar-refractivity contribution in [3.05, 3.63) is 52.6 Å². The standard InChI is InChI=1S/C15H16N2O4/c1-2-10-20-11-6-8-12(9-7-11)21-14-5-3-4-13(16)15(14)17(18)19/h3-9H,2,10,16H2,1H3. The minimum atomic E-state index is -0.552. The molecule has 110 valence electrons. The van der Waals surface area contributed by atoms with Crippen molar-refractivity contribution in [2.75, 3.05) is 12.3 Å². The predicted octanol–water partition coefficient (Wildman–Crippen LogP) is 3.76. The van der Waals surface area contributed by atoms with Crippen LogP contribution in [0.2, 0.25) is 0 Å². The van der Waals surface area contributed by atoms with E-state index in [0.29, 0.717) is 12.4 Å². The van der Waals surface area contributed by atoms with Crippen molar-refractivity contribution in [1.82, 2.24) is 0 Å². The van der Waals surface area contributed by atoms with E-state index in [-0.39, 0.29) is 17.1 Å². The van der Waals surface area contributed by atoms with Crippen molar-refractivity contribution in [1.29, 1.82) is 0 Å². The van der Waals surface area contributed by atoms with Gasteiger partial charge in [-0.2, -0.15) is 0 Å². The molecule has 0 aliphatic rings. The second-order valence-corrected chi connectivity index (χ2v) is 4.37. The Kier molecular flexibility index (Phi) is 4.61. The first kappa shape index (κ1) is 14.6. The molecule has 0 unspecified atom stereocenters. The molecular weight excluding hydrogens is 272 g/mol. The fraction of sp³-hybridized carbons (Fsp3) is 0.200. The van der Waals surface area contributed by atoms with Gasteiger partial charge in [-0.15, -0.1) is 0 Å². The monoisotopic (exact) mass is 288 g/mol. The number of hydrogen-bond donors (Lipinski definition) is 1. The van der Waals surface area contributed by atoms with Crippen LogP contribution in [0.1, 0.15) is 13.3 Å². The van der Waals surface area contributed by atoms with Crippen LogP contribution in [0.3, 0.4) is 0 Å². The van der Waals surface area contributed by atoms with E-state index in [1.54, 1.807) is 30.3 Å². The Morgan fingerprint density at radius 2 is 1.81 bits per heavy atom. The van der Waals surface area contributed by atoms with Crippen molar-refractivity contribution in [3.63, 3.8) is 0 Å². The van der Waals surface area contributed by atoms with Gasteiger partial charge in [0.25, 0.3) is 0 Å². The summed E-state index contributed by atoms with van der Waals surface area (Å²) in [6.45, 7) is 2.66. The molecule has 2 aromatic carbocycles. The van der Waals surface area contributed by atoms with Gasteiger partial charge in [0.2, 0.25) is 5.75 Å². The molecule has 21 heavy (non-hydrogen) atoms. The first-order chi connectivity index (χ1) is 10.1. The lowest BCUT2D eigenvalue weighted by Gasteiger charge is -2.09. The second kappa shape index (κ2) is 6.60. The Hall–Kier alpha value is -2.76. The number of anilines is 1. The zero-order valence-electron chi connectivity index (χ0n) is 11.6. The molecule has 0 fully saturated rings. The minimum Gasteiger partial charge on any atom is -0.494 e. The molecule has 2 rings (SSSR count). The normalized spacial score (nSPS) is 10.1. The van der Waals surface area contributed by atoms with Crippen molar-refractivity contribution in [3.8, 4) is 17.2 Å². The van der Waals surface area contributed by atoms with E-state index in [4.69, 9.17) is 15.2 Å². The highest BCUT2D eigenvalue weighted by Gasteiger charge is 2.19. The van der Waals surface area contributed by atoms with Crippen LogP contribution in [0.5, 0.6) is 17.2 Å². The maximum atomic E-state index is 11.0. The van der Waals surface area contributed by atoms with Crippen LogP contribution in [0, 0.1) is 10.1 Å². The summed E-state index contributed by atoms with van der Waals surface area (Å²) in [4.78, 5) is 10.5. The fourth-order valence-corrected chi connectivity index (χ4v) is 1.77. The van der Waals surface area contributed by atoms with Gasteiger partial charge in [0.15, 0.2) is 0 Å². The van der Waals surface area contributed by atoms with E-state index in [1.165, 1.54) is 12.1 Å². The number of para-hydroxylation sites is 1. The zero-order valence-corrected chi connectivity index (χ0v) is 11.6. The molecule has 0 atom stereocenters. The van der Waals surface area contributed by atoms with Crippen LogP contribution < -0.4 is 15.2 Å². The maximum absolute atomic E-state index is 11.0. The number of ether oxygens (including phenoxy) is 2. The number of benzene rings is 2. The molecule has 0 spiro atoms. The quantitative estimate of drug-likeness (QED) is 0.496. The number of nitrogens with two attached hydrogens (primary N) is 1. The summed E-state index contributed by atoms with van der Waals surface area (Å²) in [5.41, 5.74) is 5.45. The maximum Gasteiger partial charge on any atom is 0.334 e. The summed E-state index contributed by atoms with van der Waals surface area (Å²) in [5, 5.41) is 11.0. The van der Waals surface area contributed by atoms with Gasteiger partial charge in [-0.3, -0.25) is 10.1 Å². The third-order valence-corrected chi connectivity index (χ3v) is 2.74. The molecule has 0 radical (unpaired) electrons. The molecule has 0 bridgehead atoms. The van der Waals surface area contributed by atoms with Gasteiger partial charge in [0.05, 0.1) is 11.5 Å². The Bertz CT molecular complexity index is 626. The summed E-state index contributed by atoms with van der Waals surface area (Å²) in [7, 11) is 0. The summed E-state index contributed by atoms with van der Waals surface area (Å²) in [6.07, 6.45) is 0.924. The highest BCUT2D eigenvalue weighted by atomic mass is 16.6. The summed E-state index contributed by atoms with van der Waals surface area (Å²) in [5.74, 6) is 1.32. The van der Waals surface area contributed by atoms with E-state index >= 15 is 0 Å². The molecule has 0 saturated carbocycles. The molecule has 0 aliphatic heterocycles. The van der Waals surface area contributed by atoms with Crippen LogP contribution >= 0.6 is 0 Å². The second-order valence-electron chi connectivity index (χ2n) is 4.37. The molecule has 0 saturated heterocycles. The van der Waals surface area contributed by atoms with Crippen molar-refractivity contribution in [2.45, 2.75) is 13.3 Å². The Morgan fingerprint density at radius 1 is 1.14 bits per heavy atom. The van der Waals surface area contributed by atoms with Crippen LogP contribution in [0.4, 0.5) is 11.4 Å². The van der Waals surface area contributed by atoms with Gasteiger partial charge >= 0.3 is 5.69 Å². The molecule has 0 amide bonds. The average Bonchev–Trinajstić information content (AvgIpc) is 2.46. The predicted molar refractivity (Wildman–Crippen MR) is 79.8 cm³/mol. The van der Waals surface area contributed by atoms with Gasteiger partial charge in [-0.25, -0.2) is 0 Å². The Morgan fingerprint density at radius 3 is 2.43 bits per heavy atom. The summed E-state index contributed by atoms with van der Waals surface area (Å²) < 4.78 is 11.0. The van der Waals surface area contributed by atoms with Crippen LogP contribution in [-0.2, 0) is 0 Å². The third-order valence-electron chi connectivity index (χ3n) is 2.74. The highest BCUT2D eigenvalue weighted by molar-refractivity contribution is 5.66. The first-order valence-corrected chi connectivity index (χ1v) is 6.55. The lowest BCUT2D eigenvalue weighted by atomic mass is 10.2. The number of hydrogen-bond acceptors (Lipinski definition) is 5. The minimum absolute atomic E-state index is 0.0698. The first-order valence-electron chi connectivity index (χ1n) is 6.55. The Labute approximate surface area is 122 Å². The van der Waals surface area contributed by atoms with Gasteiger partial charge in [-0.05, 0) is 42.8 Å². The number of nitro benzene ring substituents is 1. The van der Waals surface area contributed by atoms with Gasteiger partial charge in [0.1, 0.15) is 17.2 Å². The molecule has 2 N–H and O–H groups in total. The van der Waals surface area contributed by atoms with Crippen LogP contribution in [0.25, 0.3) is 0 Å². The molecular formula is C15H16N2O4. The van der Waals surface area contributed by atoms with E-state index < -0.39 is 4.92 Å². The van der Waals surface area contributed by atoms with Crippen molar-refractivity contribution in [2.24, 2.45) is 0 Å². The van der Waals surface area contributed by atoms with E-state index in [2.05, 4.69) is 0 Å². The lowest BCUT2D eigenvalue weighted by Crippen LogP contribution is -1.98. The largest absolute Gasteiger partial charge is 0.494 e. The zero-order chi connectivity index (χ0) is 15.2. The van der Waals surface area contributed by atoms with E-state index in [0.717, 1.165) is 12.2 Å². The Balaban J connectivity index is 2.19. The number of nitrogens with zero attached hydrogens (tertiary/aromatic N) is 1. The molecule has 0 aliphatic carbocycles. The van der Waals surface area contributed by atoms with Gasteiger partial charge in [-0.1, -0.05) is 13.0 Å². The number of nitro groups is 1. The van der Waals surface area contributed by atoms with E-state index in [9.17, 15) is 10.1 Å². The summed E-state index contributed by atoms with van der Waals surface area (Å²) in [6, 6.07) is 11.5. The highest BCUT2D eigenvalue weighted by Crippen LogP contribution is 2.36. The summed E-state index contributed by atoms with van der Waals surface area (Å²) >= 11 is 0. The molecule has 0 heterocycles. The van der Waals surface area contributed by atoms with Gasteiger partial charge < -0.3 is 15.2 Å². The van der Waals surface area contributed by atoms with Gasteiger partial charge in [0, 0.05) is 0 Å². The SMILES string of the molecule is CCCOc1ccc(Oc2cccc(N)c2[N+](=O)[O-])cc1. The van der Waals surface area contributed by atoms with Crippen LogP contribution in [0.15, 0.2) is 42.5 Å². The number of nitrogen functional groups attached to an aromatic ring is 1. The third kappa shape index (κ3) is 3.62. The number of rotatable bonds is 6. The fourth-order valence-electron chi connectivity index (χ4n) is 1.77. The molecule has 6 heteroatoms. The van der Waals surface area contributed by atoms with Crippen molar-refractivity contribution < 1.29 is 14.4 Å².